The minimum Gasteiger partial charge on any atom is -0.354 e. The van der Waals surface area contributed by atoms with Crippen LogP contribution in [0, 0.1) is 5.92 Å². The van der Waals surface area contributed by atoms with E-state index in [2.05, 4.69) is 34.6 Å². The van der Waals surface area contributed by atoms with Gasteiger partial charge in [-0.25, -0.2) is 15.8 Å². The summed E-state index contributed by atoms with van der Waals surface area (Å²) in [5.74, 6) is 7.16. The third kappa shape index (κ3) is 4.34. The van der Waals surface area contributed by atoms with E-state index in [1.165, 1.54) is 6.33 Å². The number of likely N-dealkylation sites (N-methyl/N-ethyl adjacent to an activating group) is 1. The molecule has 0 aromatic carbocycles. The Morgan fingerprint density at radius 2 is 2.15 bits per heavy atom. The SMILES string of the molecule is CCc1c(NN)ncnc1N(C)CC(=O)NCC(C)C. The molecule has 112 valence electrons. The molecule has 0 radical (unpaired) electrons. The highest BCUT2D eigenvalue weighted by molar-refractivity contribution is 5.81. The Balaban J connectivity index is 2.77. The van der Waals surface area contributed by atoms with Crippen LogP contribution in [0.1, 0.15) is 26.3 Å². The largest absolute Gasteiger partial charge is 0.354 e. The summed E-state index contributed by atoms with van der Waals surface area (Å²) in [5, 5.41) is 2.88. The quantitative estimate of drug-likeness (QED) is 0.498. The number of nitrogens with one attached hydrogen (secondary N) is 2. The molecule has 0 saturated carbocycles. The number of rotatable bonds is 7. The summed E-state index contributed by atoms with van der Waals surface area (Å²) in [5.41, 5.74) is 3.45. The first kappa shape index (κ1) is 16.2. The zero-order valence-electron chi connectivity index (χ0n) is 12.6. The average molecular weight is 280 g/mol. The van der Waals surface area contributed by atoms with Gasteiger partial charge < -0.3 is 15.6 Å². The number of carbonyl (C=O) groups excluding carboxylic acids is 1. The Kier molecular flexibility index (Phi) is 6.17. The van der Waals surface area contributed by atoms with Crippen LogP contribution >= 0.6 is 0 Å². The van der Waals surface area contributed by atoms with Gasteiger partial charge in [0.25, 0.3) is 0 Å². The first-order valence-corrected chi connectivity index (χ1v) is 6.77. The molecule has 0 spiro atoms. The van der Waals surface area contributed by atoms with Gasteiger partial charge in [-0.1, -0.05) is 20.8 Å². The Labute approximate surface area is 119 Å². The second-order valence-electron chi connectivity index (χ2n) is 5.08. The van der Waals surface area contributed by atoms with Crippen molar-refractivity contribution >= 4 is 17.5 Å². The predicted octanol–water partition coefficient (Wildman–Crippen LogP) is 0.533. The maximum atomic E-state index is 11.8. The third-order valence-electron chi connectivity index (χ3n) is 2.86. The zero-order chi connectivity index (χ0) is 15.1. The molecule has 1 heterocycles. The predicted molar refractivity (Wildman–Crippen MR) is 80.3 cm³/mol. The standard InChI is InChI=1S/C13H24N6O/c1-5-10-12(18-14)16-8-17-13(10)19(4)7-11(20)15-6-9(2)3/h8-9H,5-7,14H2,1-4H3,(H,15,20)(H,16,17,18). The van der Waals surface area contributed by atoms with Gasteiger partial charge in [-0.15, -0.1) is 0 Å². The van der Waals surface area contributed by atoms with Gasteiger partial charge >= 0.3 is 0 Å². The number of anilines is 2. The van der Waals surface area contributed by atoms with Gasteiger partial charge in [0.15, 0.2) is 0 Å². The number of carbonyl (C=O) groups is 1. The molecule has 7 nitrogen and oxygen atoms in total. The van der Waals surface area contributed by atoms with Crippen LogP contribution in [0.15, 0.2) is 6.33 Å². The molecule has 0 unspecified atom stereocenters. The summed E-state index contributed by atoms with van der Waals surface area (Å²) in [6, 6.07) is 0. The van der Waals surface area contributed by atoms with Crippen molar-refractivity contribution in [3.63, 3.8) is 0 Å². The third-order valence-corrected chi connectivity index (χ3v) is 2.86. The number of hydrazine groups is 1. The molecule has 4 N–H and O–H groups in total. The van der Waals surface area contributed by atoms with Crippen molar-refractivity contribution in [3.05, 3.63) is 11.9 Å². The molecule has 0 aliphatic rings. The molecule has 1 aromatic heterocycles. The van der Waals surface area contributed by atoms with Gasteiger partial charge in [-0.05, 0) is 12.3 Å². The number of nitrogen functional groups attached to an aromatic ring is 1. The van der Waals surface area contributed by atoms with Crippen molar-refractivity contribution in [1.82, 2.24) is 15.3 Å². The van der Waals surface area contributed by atoms with E-state index >= 15 is 0 Å². The van der Waals surface area contributed by atoms with Gasteiger partial charge in [-0.3, -0.25) is 4.79 Å². The topological polar surface area (TPSA) is 96.2 Å². The van der Waals surface area contributed by atoms with E-state index in [0.717, 1.165) is 17.8 Å². The van der Waals surface area contributed by atoms with E-state index in [9.17, 15) is 4.79 Å². The highest BCUT2D eigenvalue weighted by Crippen LogP contribution is 2.22. The lowest BCUT2D eigenvalue weighted by Crippen LogP contribution is -2.37. The zero-order valence-corrected chi connectivity index (χ0v) is 12.6. The first-order chi connectivity index (χ1) is 9.49. The van der Waals surface area contributed by atoms with Gasteiger partial charge in [-0.2, -0.15) is 0 Å². The second kappa shape index (κ2) is 7.64. The summed E-state index contributed by atoms with van der Waals surface area (Å²) in [6.45, 7) is 7.04. The van der Waals surface area contributed by atoms with Crippen molar-refractivity contribution in [1.29, 1.82) is 0 Å². The molecule has 1 aromatic rings. The van der Waals surface area contributed by atoms with Gasteiger partial charge in [0, 0.05) is 19.2 Å². The maximum absolute atomic E-state index is 11.8. The van der Waals surface area contributed by atoms with Crippen molar-refractivity contribution in [2.24, 2.45) is 11.8 Å². The van der Waals surface area contributed by atoms with Crippen molar-refractivity contribution < 1.29 is 4.79 Å². The van der Waals surface area contributed by atoms with Crippen LogP contribution in [-0.2, 0) is 11.2 Å². The molecule has 1 rings (SSSR count). The van der Waals surface area contributed by atoms with Crippen molar-refractivity contribution in [2.45, 2.75) is 27.2 Å². The van der Waals surface area contributed by atoms with Gasteiger partial charge in [0.1, 0.15) is 18.0 Å². The minimum absolute atomic E-state index is 0.0240. The van der Waals surface area contributed by atoms with Crippen LogP contribution in [0.25, 0.3) is 0 Å². The fraction of sp³-hybridized carbons (Fsp3) is 0.615. The fourth-order valence-electron chi connectivity index (χ4n) is 1.85. The maximum Gasteiger partial charge on any atom is 0.239 e. The Morgan fingerprint density at radius 3 is 2.70 bits per heavy atom. The van der Waals surface area contributed by atoms with Crippen LogP contribution in [0.2, 0.25) is 0 Å². The van der Waals surface area contributed by atoms with Crippen LogP contribution in [0.5, 0.6) is 0 Å². The minimum atomic E-state index is -0.0240. The monoisotopic (exact) mass is 280 g/mol. The summed E-state index contributed by atoms with van der Waals surface area (Å²) < 4.78 is 0. The van der Waals surface area contributed by atoms with Crippen molar-refractivity contribution in [3.8, 4) is 0 Å². The van der Waals surface area contributed by atoms with E-state index in [-0.39, 0.29) is 12.5 Å². The molecule has 0 atom stereocenters. The molecule has 1 amide bonds. The fourth-order valence-corrected chi connectivity index (χ4v) is 1.85. The molecule has 0 aliphatic carbocycles. The Morgan fingerprint density at radius 1 is 1.45 bits per heavy atom. The van der Waals surface area contributed by atoms with Crippen LogP contribution in [0.4, 0.5) is 11.6 Å². The number of hydrogen-bond acceptors (Lipinski definition) is 6. The second-order valence-corrected chi connectivity index (χ2v) is 5.08. The van der Waals surface area contributed by atoms with E-state index in [4.69, 9.17) is 5.84 Å². The van der Waals surface area contributed by atoms with Crippen LogP contribution < -0.4 is 21.5 Å². The van der Waals surface area contributed by atoms with E-state index in [0.29, 0.717) is 18.3 Å². The highest BCUT2D eigenvalue weighted by atomic mass is 16.2. The number of hydrogen-bond donors (Lipinski definition) is 3. The van der Waals surface area contributed by atoms with Gasteiger partial charge in [0.05, 0.1) is 6.54 Å². The number of amides is 1. The number of nitrogens with two attached hydrogens (primary N) is 1. The smallest absolute Gasteiger partial charge is 0.239 e. The highest BCUT2D eigenvalue weighted by Gasteiger charge is 2.15. The van der Waals surface area contributed by atoms with Crippen molar-refractivity contribution in [2.75, 3.05) is 30.5 Å². The molecule has 7 heteroatoms. The normalized spacial score (nSPS) is 10.5. The lowest BCUT2D eigenvalue weighted by atomic mass is 10.2. The Bertz CT molecular complexity index is 448. The molecular weight excluding hydrogens is 256 g/mol. The van der Waals surface area contributed by atoms with E-state index in [1.807, 2.05) is 14.0 Å². The van der Waals surface area contributed by atoms with Crippen LogP contribution in [-0.4, -0.2) is 36.0 Å². The first-order valence-electron chi connectivity index (χ1n) is 6.77. The number of nitrogens with zero attached hydrogens (tertiary/aromatic N) is 3. The van der Waals surface area contributed by atoms with E-state index in [1.54, 1.807) is 4.90 Å². The summed E-state index contributed by atoms with van der Waals surface area (Å²) >= 11 is 0. The summed E-state index contributed by atoms with van der Waals surface area (Å²) in [4.78, 5) is 22.0. The lowest BCUT2D eigenvalue weighted by Gasteiger charge is -2.21. The van der Waals surface area contributed by atoms with E-state index < -0.39 is 0 Å². The molecule has 0 aliphatic heterocycles. The van der Waals surface area contributed by atoms with Crippen LogP contribution in [0.3, 0.4) is 0 Å². The molecular formula is C13H24N6O. The lowest BCUT2D eigenvalue weighted by molar-refractivity contribution is -0.119. The average Bonchev–Trinajstić information content (AvgIpc) is 2.43. The van der Waals surface area contributed by atoms with Gasteiger partial charge in [0.2, 0.25) is 5.91 Å². The molecule has 0 fully saturated rings. The number of aromatic nitrogens is 2. The summed E-state index contributed by atoms with van der Waals surface area (Å²) in [7, 11) is 1.83. The summed E-state index contributed by atoms with van der Waals surface area (Å²) in [6.07, 6.45) is 2.17. The Hall–Kier alpha value is -1.89. The molecule has 20 heavy (non-hydrogen) atoms. The molecule has 0 saturated heterocycles. The molecule has 0 bridgehead atoms.